The second-order valence-corrected chi connectivity index (χ2v) is 6.28. The first-order valence-corrected chi connectivity index (χ1v) is 8.13. The predicted octanol–water partition coefficient (Wildman–Crippen LogP) is 3.06. The van der Waals surface area contributed by atoms with E-state index in [2.05, 4.69) is 0 Å². The summed E-state index contributed by atoms with van der Waals surface area (Å²) in [6, 6.07) is 5.71. The van der Waals surface area contributed by atoms with Crippen molar-refractivity contribution in [3.8, 4) is 0 Å². The molecule has 1 saturated heterocycles. The Balaban J connectivity index is 1.74. The average molecular weight is 346 g/mol. The van der Waals surface area contributed by atoms with Crippen molar-refractivity contribution in [1.82, 2.24) is 4.90 Å². The van der Waals surface area contributed by atoms with Crippen molar-refractivity contribution < 1.29 is 24.0 Å². The number of carboxylic acids is 1. The zero-order chi connectivity index (χ0) is 18.0. The van der Waals surface area contributed by atoms with Gasteiger partial charge < -0.3 is 14.4 Å². The van der Waals surface area contributed by atoms with E-state index >= 15 is 0 Å². The van der Waals surface area contributed by atoms with Gasteiger partial charge in [0.15, 0.2) is 5.76 Å². The SMILES string of the molecule is O=C(O)CCC1CCCN(C(=O)c2cc3cc([N+](=O)[O-])ccc3o2)C1. The minimum Gasteiger partial charge on any atom is -0.481 e. The molecule has 0 bridgehead atoms. The minimum atomic E-state index is -0.831. The van der Waals surface area contributed by atoms with E-state index in [0.29, 0.717) is 30.5 Å². The van der Waals surface area contributed by atoms with E-state index in [1.165, 1.54) is 24.3 Å². The van der Waals surface area contributed by atoms with E-state index in [4.69, 9.17) is 9.52 Å². The van der Waals surface area contributed by atoms with Crippen LogP contribution in [0.5, 0.6) is 0 Å². The zero-order valence-corrected chi connectivity index (χ0v) is 13.5. The monoisotopic (exact) mass is 346 g/mol. The first-order chi connectivity index (χ1) is 11.9. The number of carboxylic acid groups (broad SMARTS) is 1. The molecule has 2 heterocycles. The number of fused-ring (bicyclic) bond motifs is 1. The van der Waals surface area contributed by atoms with Gasteiger partial charge in [0.1, 0.15) is 5.58 Å². The lowest BCUT2D eigenvalue weighted by Gasteiger charge is -2.32. The summed E-state index contributed by atoms with van der Waals surface area (Å²) in [4.78, 5) is 35.4. The lowest BCUT2D eigenvalue weighted by atomic mass is 9.93. The van der Waals surface area contributed by atoms with Crippen LogP contribution in [-0.2, 0) is 4.79 Å². The molecule has 0 saturated carbocycles. The van der Waals surface area contributed by atoms with Crippen molar-refractivity contribution in [2.75, 3.05) is 13.1 Å². The van der Waals surface area contributed by atoms with E-state index in [1.54, 1.807) is 4.90 Å². The summed E-state index contributed by atoms with van der Waals surface area (Å²) in [5, 5.41) is 20.1. The van der Waals surface area contributed by atoms with Crippen LogP contribution in [0.1, 0.15) is 36.2 Å². The molecule has 1 fully saturated rings. The summed E-state index contributed by atoms with van der Waals surface area (Å²) >= 11 is 0. The molecule has 0 spiro atoms. The number of nitrogens with zero attached hydrogens (tertiary/aromatic N) is 2. The van der Waals surface area contributed by atoms with E-state index in [-0.39, 0.29) is 29.7 Å². The number of non-ortho nitro benzene ring substituents is 1. The van der Waals surface area contributed by atoms with Gasteiger partial charge >= 0.3 is 5.97 Å². The number of piperidine rings is 1. The third-order valence-electron chi connectivity index (χ3n) is 4.49. The highest BCUT2D eigenvalue weighted by Crippen LogP contribution is 2.27. The van der Waals surface area contributed by atoms with Gasteiger partial charge in [0.2, 0.25) is 0 Å². The molecule has 0 radical (unpaired) electrons. The Morgan fingerprint density at radius 1 is 1.36 bits per heavy atom. The van der Waals surface area contributed by atoms with Gasteiger partial charge in [0.05, 0.1) is 4.92 Å². The molecule has 3 rings (SSSR count). The van der Waals surface area contributed by atoms with Crippen molar-refractivity contribution >= 4 is 28.5 Å². The van der Waals surface area contributed by atoms with Crippen LogP contribution in [0.3, 0.4) is 0 Å². The molecule has 8 heteroatoms. The van der Waals surface area contributed by atoms with E-state index in [0.717, 1.165) is 12.8 Å². The summed E-state index contributed by atoms with van der Waals surface area (Å²) < 4.78 is 5.54. The van der Waals surface area contributed by atoms with Gasteiger partial charge in [0.25, 0.3) is 11.6 Å². The third-order valence-corrected chi connectivity index (χ3v) is 4.49. The van der Waals surface area contributed by atoms with Crippen LogP contribution >= 0.6 is 0 Å². The Morgan fingerprint density at radius 3 is 2.88 bits per heavy atom. The summed E-state index contributed by atoms with van der Waals surface area (Å²) in [6.45, 7) is 1.10. The predicted molar refractivity (Wildman–Crippen MR) is 88.4 cm³/mol. The van der Waals surface area contributed by atoms with Crippen LogP contribution in [0.25, 0.3) is 11.0 Å². The number of carbonyl (C=O) groups excluding carboxylic acids is 1. The summed E-state index contributed by atoms with van der Waals surface area (Å²) in [7, 11) is 0. The van der Waals surface area contributed by atoms with Crippen molar-refractivity contribution in [3.05, 3.63) is 40.1 Å². The number of hydrogen-bond donors (Lipinski definition) is 1. The number of furan rings is 1. The van der Waals surface area contributed by atoms with Crippen LogP contribution in [0.2, 0.25) is 0 Å². The molecule has 2 aromatic rings. The van der Waals surface area contributed by atoms with Crippen molar-refractivity contribution in [2.24, 2.45) is 5.92 Å². The Bertz CT molecular complexity index is 828. The van der Waals surface area contributed by atoms with Gasteiger partial charge in [-0.1, -0.05) is 0 Å². The van der Waals surface area contributed by atoms with Gasteiger partial charge in [-0.25, -0.2) is 0 Å². The average Bonchev–Trinajstić information content (AvgIpc) is 3.02. The normalized spacial score (nSPS) is 17.6. The maximum absolute atomic E-state index is 12.7. The standard InChI is InChI=1S/C17H18N2O6/c20-16(21)6-3-11-2-1-7-18(10-11)17(22)15-9-12-8-13(19(23)24)4-5-14(12)25-15/h4-5,8-9,11H,1-3,6-7,10H2,(H,20,21). The van der Waals surface area contributed by atoms with Gasteiger partial charge in [-0.2, -0.15) is 0 Å². The number of likely N-dealkylation sites (tertiary alicyclic amines) is 1. The fraction of sp³-hybridized carbons (Fsp3) is 0.412. The highest BCUT2D eigenvalue weighted by atomic mass is 16.6. The van der Waals surface area contributed by atoms with E-state index in [1.807, 2.05) is 0 Å². The van der Waals surface area contributed by atoms with Gasteiger partial charge in [0, 0.05) is 37.0 Å². The first-order valence-electron chi connectivity index (χ1n) is 8.13. The van der Waals surface area contributed by atoms with Gasteiger partial charge in [-0.15, -0.1) is 0 Å². The molecule has 25 heavy (non-hydrogen) atoms. The van der Waals surface area contributed by atoms with Crippen LogP contribution in [0.15, 0.2) is 28.7 Å². The number of amides is 1. The molecular weight excluding hydrogens is 328 g/mol. The molecule has 1 aromatic heterocycles. The molecule has 1 amide bonds. The Labute approximate surface area is 143 Å². The van der Waals surface area contributed by atoms with Crippen LogP contribution in [0.4, 0.5) is 5.69 Å². The van der Waals surface area contributed by atoms with Crippen LogP contribution in [-0.4, -0.2) is 39.9 Å². The molecule has 1 unspecified atom stereocenters. The number of hydrogen-bond acceptors (Lipinski definition) is 5. The summed E-state index contributed by atoms with van der Waals surface area (Å²) in [5.74, 6) is -0.783. The van der Waals surface area contributed by atoms with Crippen LogP contribution < -0.4 is 0 Å². The second kappa shape index (κ2) is 6.92. The number of carbonyl (C=O) groups is 2. The van der Waals surface area contributed by atoms with E-state index in [9.17, 15) is 19.7 Å². The Morgan fingerprint density at radius 2 is 2.16 bits per heavy atom. The molecule has 1 aromatic carbocycles. The fourth-order valence-electron chi connectivity index (χ4n) is 3.22. The van der Waals surface area contributed by atoms with Crippen molar-refractivity contribution in [1.29, 1.82) is 0 Å². The number of nitro groups is 1. The number of benzene rings is 1. The number of rotatable bonds is 5. The van der Waals surface area contributed by atoms with E-state index < -0.39 is 10.9 Å². The first kappa shape index (κ1) is 16.9. The molecule has 0 aliphatic carbocycles. The third kappa shape index (κ3) is 3.78. The molecule has 8 nitrogen and oxygen atoms in total. The molecular formula is C17H18N2O6. The maximum atomic E-state index is 12.7. The van der Waals surface area contributed by atoms with Crippen LogP contribution in [0, 0.1) is 16.0 Å². The molecule has 1 aliphatic rings. The highest BCUT2D eigenvalue weighted by molar-refractivity contribution is 5.96. The van der Waals surface area contributed by atoms with Gasteiger partial charge in [-0.3, -0.25) is 19.7 Å². The lowest BCUT2D eigenvalue weighted by molar-refractivity contribution is -0.384. The molecule has 1 aliphatic heterocycles. The van der Waals surface area contributed by atoms with Gasteiger partial charge in [-0.05, 0) is 37.3 Å². The second-order valence-electron chi connectivity index (χ2n) is 6.28. The largest absolute Gasteiger partial charge is 0.481 e. The molecule has 1 atom stereocenters. The van der Waals surface area contributed by atoms with Crippen molar-refractivity contribution in [3.63, 3.8) is 0 Å². The molecule has 1 N–H and O–H groups in total. The number of aliphatic carboxylic acids is 1. The Kier molecular flexibility index (Phi) is 4.69. The summed E-state index contributed by atoms with van der Waals surface area (Å²) in [6.07, 6.45) is 2.37. The fourth-order valence-corrected chi connectivity index (χ4v) is 3.22. The maximum Gasteiger partial charge on any atom is 0.303 e. The smallest absolute Gasteiger partial charge is 0.303 e. The minimum absolute atomic E-state index is 0.0565. The summed E-state index contributed by atoms with van der Waals surface area (Å²) in [5.41, 5.74) is 0.368. The quantitative estimate of drug-likeness (QED) is 0.657. The number of nitro benzene ring substituents is 1. The lowest BCUT2D eigenvalue weighted by Crippen LogP contribution is -2.39. The Hall–Kier alpha value is -2.90. The van der Waals surface area contributed by atoms with Crippen molar-refractivity contribution in [2.45, 2.75) is 25.7 Å². The zero-order valence-electron chi connectivity index (χ0n) is 13.5. The molecule has 132 valence electrons. The topological polar surface area (TPSA) is 114 Å². The highest BCUT2D eigenvalue weighted by Gasteiger charge is 2.27.